The van der Waals surface area contributed by atoms with Crippen molar-refractivity contribution in [2.45, 2.75) is 62.3 Å². The van der Waals surface area contributed by atoms with Crippen LogP contribution in [0.2, 0.25) is 0 Å². The van der Waals surface area contributed by atoms with Gasteiger partial charge in [0.2, 0.25) is 0 Å². The van der Waals surface area contributed by atoms with Crippen molar-refractivity contribution in [1.82, 2.24) is 5.32 Å². The zero-order chi connectivity index (χ0) is 11.4. The maximum atomic E-state index is 5.98. The summed E-state index contributed by atoms with van der Waals surface area (Å²) in [7, 11) is 0. The van der Waals surface area contributed by atoms with Crippen LogP contribution >= 0.6 is 11.8 Å². The third-order valence-corrected chi connectivity index (χ3v) is 4.89. The first kappa shape index (κ1) is 12.1. The van der Waals surface area contributed by atoms with E-state index < -0.39 is 0 Å². The zero-order valence-corrected chi connectivity index (χ0v) is 10.9. The Labute approximate surface area is 103 Å². The summed E-state index contributed by atoms with van der Waals surface area (Å²) >= 11 is 1.93. The highest BCUT2D eigenvalue weighted by Gasteiger charge is 2.26. The molecule has 2 rings (SSSR count). The van der Waals surface area contributed by atoms with Crippen molar-refractivity contribution >= 4 is 17.7 Å². The molecule has 0 heterocycles. The molecule has 0 amide bonds. The molecule has 3 nitrogen and oxygen atoms in total. The highest BCUT2D eigenvalue weighted by Crippen LogP contribution is 2.30. The van der Waals surface area contributed by atoms with Crippen molar-refractivity contribution in [3.05, 3.63) is 0 Å². The molecule has 2 fully saturated rings. The minimum absolute atomic E-state index is 0.448. The lowest BCUT2D eigenvalue weighted by atomic mass is 10.2. The SMILES string of the molecule is CSC1CCCC1N=C(N)NC1CCCC1. The topological polar surface area (TPSA) is 50.4 Å². The predicted octanol–water partition coefficient (Wildman–Crippen LogP) is 2.12. The van der Waals surface area contributed by atoms with Crippen LogP contribution < -0.4 is 11.1 Å². The molecule has 4 heteroatoms. The average Bonchev–Trinajstić information content (AvgIpc) is 2.88. The van der Waals surface area contributed by atoms with E-state index in [0.717, 1.165) is 0 Å². The summed E-state index contributed by atoms with van der Waals surface area (Å²) in [6.45, 7) is 0. The van der Waals surface area contributed by atoms with Crippen LogP contribution in [0.1, 0.15) is 44.9 Å². The second-order valence-corrected chi connectivity index (χ2v) is 5.99. The minimum Gasteiger partial charge on any atom is -0.370 e. The lowest BCUT2D eigenvalue weighted by molar-refractivity contribution is 0.617. The first-order valence-corrected chi connectivity index (χ1v) is 7.71. The van der Waals surface area contributed by atoms with Gasteiger partial charge in [-0.15, -0.1) is 0 Å². The first-order valence-electron chi connectivity index (χ1n) is 6.42. The smallest absolute Gasteiger partial charge is 0.189 e. The molecule has 2 atom stereocenters. The fourth-order valence-electron chi connectivity index (χ4n) is 2.82. The summed E-state index contributed by atoms with van der Waals surface area (Å²) in [6, 6.07) is 1.03. The normalized spacial score (nSPS) is 32.2. The number of hydrogen-bond donors (Lipinski definition) is 2. The van der Waals surface area contributed by atoms with E-state index in [-0.39, 0.29) is 0 Å². The highest BCUT2D eigenvalue weighted by atomic mass is 32.2. The molecule has 0 spiro atoms. The van der Waals surface area contributed by atoms with Gasteiger partial charge in [-0.1, -0.05) is 19.3 Å². The third kappa shape index (κ3) is 3.06. The maximum absolute atomic E-state index is 5.98. The summed E-state index contributed by atoms with van der Waals surface area (Å²) in [4.78, 5) is 4.65. The Morgan fingerprint density at radius 1 is 1.19 bits per heavy atom. The van der Waals surface area contributed by atoms with Crippen molar-refractivity contribution in [3.8, 4) is 0 Å². The van der Waals surface area contributed by atoms with Crippen LogP contribution in [0.25, 0.3) is 0 Å². The van der Waals surface area contributed by atoms with Crippen molar-refractivity contribution in [3.63, 3.8) is 0 Å². The number of aliphatic imine (C=N–C) groups is 1. The number of thioether (sulfide) groups is 1. The number of hydrogen-bond acceptors (Lipinski definition) is 2. The molecule has 3 N–H and O–H groups in total. The zero-order valence-electron chi connectivity index (χ0n) is 10.1. The molecule has 0 aromatic rings. The number of rotatable bonds is 3. The fraction of sp³-hybridized carbons (Fsp3) is 0.917. The summed E-state index contributed by atoms with van der Waals surface area (Å²) in [6.07, 6.45) is 11.2. The quantitative estimate of drug-likeness (QED) is 0.588. The average molecular weight is 241 g/mol. The van der Waals surface area contributed by atoms with E-state index in [1.54, 1.807) is 0 Å². The van der Waals surface area contributed by atoms with E-state index in [0.29, 0.717) is 23.3 Å². The minimum atomic E-state index is 0.448. The van der Waals surface area contributed by atoms with Crippen LogP contribution in [0.15, 0.2) is 4.99 Å². The van der Waals surface area contributed by atoms with Gasteiger partial charge in [0.15, 0.2) is 5.96 Å². The predicted molar refractivity (Wildman–Crippen MR) is 72.0 cm³/mol. The largest absolute Gasteiger partial charge is 0.370 e. The maximum Gasteiger partial charge on any atom is 0.189 e. The van der Waals surface area contributed by atoms with E-state index in [1.165, 1.54) is 44.9 Å². The van der Waals surface area contributed by atoms with Crippen LogP contribution in [-0.2, 0) is 0 Å². The molecule has 0 radical (unpaired) electrons. The van der Waals surface area contributed by atoms with E-state index >= 15 is 0 Å². The Hall–Kier alpha value is -0.380. The van der Waals surface area contributed by atoms with Gasteiger partial charge in [0.25, 0.3) is 0 Å². The van der Waals surface area contributed by atoms with Gasteiger partial charge in [-0.05, 0) is 31.9 Å². The molecule has 2 aliphatic carbocycles. The van der Waals surface area contributed by atoms with Crippen molar-refractivity contribution in [1.29, 1.82) is 0 Å². The van der Waals surface area contributed by atoms with E-state index in [9.17, 15) is 0 Å². The molecule has 2 saturated carbocycles. The molecule has 2 unspecified atom stereocenters. The van der Waals surface area contributed by atoms with Gasteiger partial charge in [-0.2, -0.15) is 11.8 Å². The van der Waals surface area contributed by atoms with Crippen LogP contribution in [0.5, 0.6) is 0 Å². The van der Waals surface area contributed by atoms with Crippen LogP contribution in [0.4, 0.5) is 0 Å². The van der Waals surface area contributed by atoms with Crippen molar-refractivity contribution in [2.75, 3.05) is 6.26 Å². The Morgan fingerprint density at radius 2 is 1.94 bits per heavy atom. The van der Waals surface area contributed by atoms with Crippen LogP contribution in [0.3, 0.4) is 0 Å². The third-order valence-electron chi connectivity index (χ3n) is 3.73. The number of nitrogens with one attached hydrogen (secondary N) is 1. The number of guanidine groups is 1. The second kappa shape index (κ2) is 5.80. The molecule has 92 valence electrons. The molecular weight excluding hydrogens is 218 g/mol. The summed E-state index contributed by atoms with van der Waals surface area (Å²) < 4.78 is 0. The molecule has 0 saturated heterocycles. The molecule has 0 aliphatic heterocycles. The van der Waals surface area contributed by atoms with E-state index in [2.05, 4.69) is 16.6 Å². The Morgan fingerprint density at radius 3 is 2.62 bits per heavy atom. The standard InChI is InChI=1S/C12H23N3S/c1-16-11-8-4-7-10(11)15-12(13)14-9-5-2-3-6-9/h9-11H,2-8H2,1H3,(H3,13,14,15). The van der Waals surface area contributed by atoms with Crippen molar-refractivity contribution < 1.29 is 0 Å². The van der Waals surface area contributed by atoms with Crippen molar-refractivity contribution in [2.24, 2.45) is 10.7 Å². The molecule has 2 aliphatic rings. The Bertz CT molecular complexity index is 249. The molecular formula is C12H23N3S. The number of nitrogens with zero attached hydrogens (tertiary/aromatic N) is 1. The van der Waals surface area contributed by atoms with Gasteiger partial charge in [-0.3, -0.25) is 0 Å². The lowest BCUT2D eigenvalue weighted by Crippen LogP contribution is -2.39. The van der Waals surface area contributed by atoms with Gasteiger partial charge < -0.3 is 11.1 Å². The van der Waals surface area contributed by atoms with E-state index in [4.69, 9.17) is 5.73 Å². The fourth-order valence-corrected chi connectivity index (χ4v) is 3.74. The van der Waals surface area contributed by atoms with Gasteiger partial charge in [0.05, 0.1) is 6.04 Å². The van der Waals surface area contributed by atoms with E-state index in [1.807, 2.05) is 11.8 Å². The Balaban J connectivity index is 1.84. The summed E-state index contributed by atoms with van der Waals surface area (Å²) in [5, 5.41) is 4.05. The van der Waals surface area contributed by atoms with Gasteiger partial charge in [0.1, 0.15) is 0 Å². The second-order valence-electron chi connectivity index (χ2n) is 4.91. The summed E-state index contributed by atoms with van der Waals surface area (Å²) in [5.41, 5.74) is 5.98. The Kier molecular flexibility index (Phi) is 4.38. The van der Waals surface area contributed by atoms with Gasteiger partial charge >= 0.3 is 0 Å². The number of nitrogens with two attached hydrogens (primary N) is 1. The van der Waals surface area contributed by atoms with Gasteiger partial charge in [0, 0.05) is 11.3 Å². The molecule has 0 aromatic heterocycles. The first-order chi connectivity index (χ1) is 7.79. The molecule has 0 bridgehead atoms. The van der Waals surface area contributed by atoms with Gasteiger partial charge in [-0.25, -0.2) is 4.99 Å². The summed E-state index contributed by atoms with van der Waals surface area (Å²) in [5.74, 6) is 0.679. The molecule has 16 heavy (non-hydrogen) atoms. The van der Waals surface area contributed by atoms with Crippen LogP contribution in [-0.4, -0.2) is 29.5 Å². The highest BCUT2D eigenvalue weighted by molar-refractivity contribution is 7.99. The molecule has 0 aromatic carbocycles. The van der Waals surface area contributed by atoms with Crippen LogP contribution in [0, 0.1) is 0 Å². The lowest BCUT2D eigenvalue weighted by Gasteiger charge is -2.17. The monoisotopic (exact) mass is 241 g/mol.